The van der Waals surface area contributed by atoms with E-state index in [-0.39, 0.29) is 17.4 Å². The summed E-state index contributed by atoms with van der Waals surface area (Å²) < 4.78 is 34.9. The number of aromatic nitrogens is 1. The Balaban J connectivity index is 2.30. The Labute approximate surface area is 127 Å². The van der Waals surface area contributed by atoms with Crippen molar-refractivity contribution in [1.29, 1.82) is 0 Å². The molecule has 0 fully saturated rings. The van der Waals surface area contributed by atoms with E-state index < -0.39 is 12.7 Å². The highest BCUT2D eigenvalue weighted by Crippen LogP contribution is 2.35. The van der Waals surface area contributed by atoms with Gasteiger partial charge in [-0.05, 0) is 30.2 Å². The molecule has 1 aromatic carbocycles. The second-order valence-corrected chi connectivity index (χ2v) is 4.66. The molecule has 0 bridgehead atoms. The predicted octanol–water partition coefficient (Wildman–Crippen LogP) is 4.31. The Morgan fingerprint density at radius 3 is 2.64 bits per heavy atom. The van der Waals surface area contributed by atoms with Gasteiger partial charge in [-0.2, -0.15) is 8.78 Å². The quantitative estimate of drug-likeness (QED) is 0.828. The second-order valence-electron chi connectivity index (χ2n) is 4.66. The van der Waals surface area contributed by atoms with E-state index in [4.69, 9.17) is 4.74 Å². The molecule has 1 aromatic heterocycles. The van der Waals surface area contributed by atoms with Gasteiger partial charge in [0.15, 0.2) is 11.5 Å². The van der Waals surface area contributed by atoms with E-state index in [2.05, 4.69) is 9.72 Å². The topological polar surface area (TPSA) is 51.6 Å². The number of benzene rings is 1. The summed E-state index contributed by atoms with van der Waals surface area (Å²) in [6, 6.07) is 9.42. The van der Waals surface area contributed by atoms with E-state index >= 15 is 0 Å². The Hall–Kier alpha value is -2.21. The van der Waals surface area contributed by atoms with Crippen LogP contribution in [0.4, 0.5) is 8.78 Å². The molecule has 0 aliphatic carbocycles. The van der Waals surface area contributed by atoms with Crippen molar-refractivity contribution < 1.29 is 23.4 Å². The third kappa shape index (κ3) is 4.39. The fraction of sp³-hybridized carbons (Fsp3) is 0.312. The molecule has 6 heteroatoms. The molecule has 1 atom stereocenters. The van der Waals surface area contributed by atoms with Gasteiger partial charge in [-0.25, -0.2) is 4.98 Å². The van der Waals surface area contributed by atoms with Crippen LogP contribution in [0.15, 0.2) is 42.6 Å². The summed E-state index contributed by atoms with van der Waals surface area (Å²) in [5.41, 5.74) is 0.578. The number of hydrogen-bond acceptors (Lipinski definition) is 4. The molecule has 2 aromatic rings. The van der Waals surface area contributed by atoms with Crippen molar-refractivity contribution in [3.05, 3.63) is 48.2 Å². The maximum atomic E-state index is 12.5. The van der Waals surface area contributed by atoms with Crippen LogP contribution in [0.5, 0.6) is 17.4 Å². The van der Waals surface area contributed by atoms with E-state index in [1.807, 2.05) is 6.92 Å². The van der Waals surface area contributed by atoms with E-state index in [1.165, 1.54) is 18.3 Å². The number of ether oxygens (including phenoxy) is 2. The molecular formula is C16H17F2NO3. The summed E-state index contributed by atoms with van der Waals surface area (Å²) in [7, 11) is 0. The highest BCUT2D eigenvalue weighted by Gasteiger charge is 2.15. The molecule has 0 aliphatic rings. The zero-order chi connectivity index (χ0) is 15.9. The van der Waals surface area contributed by atoms with E-state index in [1.54, 1.807) is 24.3 Å². The molecular weight excluding hydrogens is 292 g/mol. The van der Waals surface area contributed by atoms with Crippen LogP contribution in [-0.4, -0.2) is 16.7 Å². The second kappa shape index (κ2) is 7.70. The van der Waals surface area contributed by atoms with Gasteiger partial charge in [-0.1, -0.05) is 25.5 Å². The third-order valence-corrected chi connectivity index (χ3v) is 2.98. The normalized spacial score (nSPS) is 12.2. The van der Waals surface area contributed by atoms with E-state index in [0.29, 0.717) is 12.0 Å². The fourth-order valence-corrected chi connectivity index (χ4v) is 1.97. The summed E-state index contributed by atoms with van der Waals surface area (Å²) in [5.74, 6) is 0.239. The average Bonchev–Trinajstić information content (AvgIpc) is 2.50. The van der Waals surface area contributed by atoms with Crippen molar-refractivity contribution in [3.63, 3.8) is 0 Å². The molecule has 22 heavy (non-hydrogen) atoms. The lowest BCUT2D eigenvalue weighted by atomic mass is 10.0. The lowest BCUT2D eigenvalue weighted by Crippen LogP contribution is -2.05. The molecule has 1 unspecified atom stereocenters. The number of nitrogens with zero attached hydrogens (tertiary/aromatic N) is 1. The Kier molecular flexibility index (Phi) is 5.66. The monoisotopic (exact) mass is 309 g/mol. The third-order valence-electron chi connectivity index (χ3n) is 2.98. The van der Waals surface area contributed by atoms with Crippen molar-refractivity contribution in [3.8, 4) is 17.4 Å². The molecule has 0 saturated heterocycles. The summed E-state index contributed by atoms with van der Waals surface area (Å²) >= 11 is 0. The Bertz CT molecular complexity index is 593. The van der Waals surface area contributed by atoms with Gasteiger partial charge in [-0.3, -0.25) is 0 Å². The van der Waals surface area contributed by atoms with Gasteiger partial charge in [0, 0.05) is 12.3 Å². The number of pyridine rings is 1. The first-order valence-corrected chi connectivity index (χ1v) is 6.96. The molecule has 0 saturated carbocycles. The van der Waals surface area contributed by atoms with Crippen molar-refractivity contribution in [2.75, 3.05) is 0 Å². The van der Waals surface area contributed by atoms with Gasteiger partial charge in [-0.15, -0.1) is 0 Å². The smallest absolute Gasteiger partial charge is 0.387 e. The van der Waals surface area contributed by atoms with Crippen molar-refractivity contribution in [2.45, 2.75) is 32.5 Å². The summed E-state index contributed by atoms with van der Waals surface area (Å²) in [6.45, 7) is -1.01. The van der Waals surface area contributed by atoms with E-state index in [0.717, 1.165) is 6.42 Å². The van der Waals surface area contributed by atoms with Crippen molar-refractivity contribution in [1.82, 2.24) is 4.98 Å². The van der Waals surface area contributed by atoms with Crippen LogP contribution in [0.1, 0.15) is 31.4 Å². The first kappa shape index (κ1) is 16.2. The molecule has 0 radical (unpaired) electrons. The molecule has 118 valence electrons. The minimum Gasteiger partial charge on any atom is -0.435 e. The molecule has 4 nitrogen and oxygen atoms in total. The number of aliphatic hydroxyl groups excluding tert-OH is 1. The highest BCUT2D eigenvalue weighted by molar-refractivity contribution is 5.45. The van der Waals surface area contributed by atoms with Gasteiger partial charge in [0.1, 0.15) is 0 Å². The maximum Gasteiger partial charge on any atom is 0.387 e. The van der Waals surface area contributed by atoms with Crippen molar-refractivity contribution in [2.24, 2.45) is 0 Å². The van der Waals surface area contributed by atoms with Crippen LogP contribution >= 0.6 is 0 Å². The molecule has 1 heterocycles. The molecule has 1 N–H and O–H groups in total. The Morgan fingerprint density at radius 2 is 2.00 bits per heavy atom. The number of rotatable bonds is 7. The largest absolute Gasteiger partial charge is 0.435 e. The lowest BCUT2D eigenvalue weighted by Gasteiger charge is -2.15. The number of halogens is 2. The first-order valence-electron chi connectivity index (χ1n) is 6.96. The zero-order valence-electron chi connectivity index (χ0n) is 12.1. The minimum absolute atomic E-state index is 0.0895. The van der Waals surface area contributed by atoms with Gasteiger partial charge in [0.25, 0.3) is 0 Å². The van der Waals surface area contributed by atoms with Gasteiger partial charge >= 0.3 is 6.61 Å². The van der Waals surface area contributed by atoms with Crippen LogP contribution in [-0.2, 0) is 0 Å². The summed E-state index contributed by atoms with van der Waals surface area (Å²) in [5, 5.41) is 10.0. The van der Waals surface area contributed by atoms with Crippen LogP contribution in [0.2, 0.25) is 0 Å². The van der Waals surface area contributed by atoms with Crippen LogP contribution < -0.4 is 9.47 Å². The van der Waals surface area contributed by atoms with Crippen LogP contribution in [0.3, 0.4) is 0 Å². The van der Waals surface area contributed by atoms with Crippen LogP contribution in [0.25, 0.3) is 0 Å². The predicted molar refractivity (Wildman–Crippen MR) is 77.3 cm³/mol. The molecule has 2 rings (SSSR count). The summed E-state index contributed by atoms with van der Waals surface area (Å²) in [4.78, 5) is 3.98. The standard InChI is InChI=1S/C16H17F2NO3/c1-2-5-12(20)11-7-8-13(22-16(17)18)14(10-11)21-15-6-3-4-9-19-15/h3-4,6-10,12,16,20H,2,5H2,1H3. The number of hydrogen-bond donors (Lipinski definition) is 1. The van der Waals surface area contributed by atoms with Crippen molar-refractivity contribution >= 4 is 0 Å². The molecule has 0 amide bonds. The molecule has 0 spiro atoms. The maximum absolute atomic E-state index is 12.5. The van der Waals surface area contributed by atoms with Gasteiger partial charge in [0.2, 0.25) is 5.88 Å². The number of alkyl halides is 2. The SMILES string of the molecule is CCCC(O)c1ccc(OC(F)F)c(Oc2ccccn2)c1. The fourth-order valence-electron chi connectivity index (χ4n) is 1.97. The van der Waals surface area contributed by atoms with Gasteiger partial charge < -0.3 is 14.6 Å². The lowest BCUT2D eigenvalue weighted by molar-refractivity contribution is -0.0510. The Morgan fingerprint density at radius 1 is 1.18 bits per heavy atom. The van der Waals surface area contributed by atoms with Gasteiger partial charge in [0.05, 0.1) is 6.10 Å². The summed E-state index contributed by atoms with van der Waals surface area (Å²) in [6.07, 6.45) is 2.21. The first-order chi connectivity index (χ1) is 10.6. The van der Waals surface area contributed by atoms with E-state index in [9.17, 15) is 13.9 Å². The zero-order valence-corrected chi connectivity index (χ0v) is 12.1. The average molecular weight is 309 g/mol. The molecule has 0 aliphatic heterocycles. The minimum atomic E-state index is -2.96. The number of aliphatic hydroxyl groups is 1. The highest BCUT2D eigenvalue weighted by atomic mass is 19.3. The van der Waals surface area contributed by atoms with Crippen LogP contribution in [0, 0.1) is 0 Å².